The lowest BCUT2D eigenvalue weighted by atomic mass is 10.2. The second-order valence-electron chi connectivity index (χ2n) is 5.36. The van der Waals surface area contributed by atoms with Gasteiger partial charge in [-0.2, -0.15) is 0 Å². The Morgan fingerprint density at radius 2 is 2.23 bits per heavy atom. The number of amides is 1. The predicted molar refractivity (Wildman–Crippen MR) is 85.0 cm³/mol. The second-order valence-corrected chi connectivity index (χ2v) is 5.36. The molecule has 0 aliphatic carbocycles. The molecule has 1 fully saturated rings. The average molecular weight is 333 g/mol. The van der Waals surface area contributed by atoms with Crippen molar-refractivity contribution in [1.29, 1.82) is 0 Å². The van der Waals surface area contributed by atoms with Crippen molar-refractivity contribution in [2.45, 2.75) is 45.0 Å². The molecule has 0 unspecified atom stereocenters. The summed E-state index contributed by atoms with van der Waals surface area (Å²) in [6.45, 7) is 4.11. The molecule has 124 valence electrons. The van der Waals surface area contributed by atoms with E-state index in [4.69, 9.17) is 15.2 Å². The van der Waals surface area contributed by atoms with E-state index in [1.165, 1.54) is 12.1 Å². The Labute approximate surface area is 135 Å². The zero-order valence-electron chi connectivity index (χ0n) is 12.7. The Kier molecular flexibility index (Phi) is 7.06. The molecule has 3 N–H and O–H groups in total. The molecular weight excluding hydrogens is 311 g/mol. The third-order valence-corrected chi connectivity index (χ3v) is 3.23. The van der Waals surface area contributed by atoms with Crippen LogP contribution in [0, 0.1) is 5.82 Å². The Hall–Kier alpha value is -1.37. The number of nitrogens with two attached hydrogens (primary N) is 1. The number of benzene rings is 1. The molecule has 1 aliphatic heterocycles. The molecule has 2 rings (SSSR count). The van der Waals surface area contributed by atoms with Crippen molar-refractivity contribution in [2.24, 2.45) is 5.73 Å². The first-order chi connectivity index (χ1) is 9.99. The van der Waals surface area contributed by atoms with Crippen LogP contribution in [0.4, 0.5) is 10.1 Å². The lowest BCUT2D eigenvalue weighted by molar-refractivity contribution is -0.126. The maximum absolute atomic E-state index is 13.9. The van der Waals surface area contributed by atoms with Crippen molar-refractivity contribution in [1.82, 2.24) is 0 Å². The van der Waals surface area contributed by atoms with E-state index >= 15 is 0 Å². The molecule has 1 aromatic rings. The fraction of sp³-hybridized carbons (Fsp3) is 0.533. The van der Waals surface area contributed by atoms with E-state index in [0.717, 1.165) is 6.42 Å². The van der Waals surface area contributed by atoms with Gasteiger partial charge in [-0.25, -0.2) is 4.39 Å². The van der Waals surface area contributed by atoms with Gasteiger partial charge in [0.15, 0.2) is 0 Å². The van der Waals surface area contributed by atoms with E-state index in [9.17, 15) is 9.18 Å². The molecule has 5 nitrogen and oxygen atoms in total. The average Bonchev–Trinajstić information content (AvgIpc) is 2.90. The number of carbonyl (C=O) groups excluding carboxylic acids is 1. The molecule has 0 bridgehead atoms. The molecule has 0 saturated carbocycles. The third kappa shape index (κ3) is 4.83. The summed E-state index contributed by atoms with van der Waals surface area (Å²) in [6, 6.07) is 4.37. The highest BCUT2D eigenvalue weighted by Crippen LogP contribution is 2.24. The summed E-state index contributed by atoms with van der Waals surface area (Å²) in [7, 11) is 0. The highest BCUT2D eigenvalue weighted by Gasteiger charge is 2.30. The van der Waals surface area contributed by atoms with Crippen LogP contribution in [-0.4, -0.2) is 30.8 Å². The van der Waals surface area contributed by atoms with Gasteiger partial charge in [0, 0.05) is 12.6 Å². The van der Waals surface area contributed by atoms with Gasteiger partial charge in [0.05, 0.1) is 17.9 Å². The van der Waals surface area contributed by atoms with E-state index in [2.05, 4.69) is 5.32 Å². The number of anilines is 1. The zero-order valence-corrected chi connectivity index (χ0v) is 13.5. The van der Waals surface area contributed by atoms with Crippen LogP contribution >= 0.6 is 12.4 Å². The number of hydrogen-bond donors (Lipinski definition) is 2. The summed E-state index contributed by atoms with van der Waals surface area (Å²) in [5.74, 6) is -0.446. The highest BCUT2D eigenvalue weighted by atomic mass is 35.5. The maximum Gasteiger partial charge on any atom is 0.253 e. The first-order valence-electron chi connectivity index (χ1n) is 7.12. The highest BCUT2D eigenvalue weighted by molar-refractivity contribution is 5.94. The largest absolute Gasteiger partial charge is 0.491 e. The lowest BCUT2D eigenvalue weighted by Gasteiger charge is -2.14. The van der Waals surface area contributed by atoms with Crippen LogP contribution < -0.4 is 15.8 Å². The van der Waals surface area contributed by atoms with Crippen LogP contribution in [0.5, 0.6) is 5.75 Å². The maximum atomic E-state index is 13.9. The Morgan fingerprint density at radius 1 is 1.50 bits per heavy atom. The van der Waals surface area contributed by atoms with Gasteiger partial charge in [-0.05, 0) is 38.8 Å². The molecule has 0 radical (unpaired) electrons. The molecule has 1 amide bonds. The number of rotatable bonds is 5. The summed E-state index contributed by atoms with van der Waals surface area (Å²) < 4.78 is 24.8. The molecule has 1 saturated heterocycles. The fourth-order valence-electron chi connectivity index (χ4n) is 2.23. The van der Waals surface area contributed by atoms with Crippen molar-refractivity contribution in [2.75, 3.05) is 11.9 Å². The molecule has 0 spiro atoms. The number of hydrogen-bond acceptors (Lipinski definition) is 4. The van der Waals surface area contributed by atoms with E-state index in [1.54, 1.807) is 6.07 Å². The first kappa shape index (κ1) is 18.7. The normalized spacial score (nSPS) is 20.6. The molecule has 1 aromatic carbocycles. The minimum Gasteiger partial charge on any atom is -0.491 e. The van der Waals surface area contributed by atoms with Gasteiger partial charge in [0.1, 0.15) is 17.7 Å². The quantitative estimate of drug-likeness (QED) is 0.868. The number of nitrogens with one attached hydrogen (secondary N) is 1. The third-order valence-electron chi connectivity index (χ3n) is 3.23. The van der Waals surface area contributed by atoms with Gasteiger partial charge in [-0.15, -0.1) is 12.4 Å². The van der Waals surface area contributed by atoms with Gasteiger partial charge in [0.2, 0.25) is 0 Å². The zero-order chi connectivity index (χ0) is 15.4. The molecule has 7 heteroatoms. The van der Waals surface area contributed by atoms with Crippen LogP contribution in [0.15, 0.2) is 18.2 Å². The molecule has 22 heavy (non-hydrogen) atoms. The summed E-state index contributed by atoms with van der Waals surface area (Å²) in [5, 5.41) is 2.54. The summed E-state index contributed by atoms with van der Waals surface area (Å²) in [6.07, 6.45) is 0.657. The molecular formula is C15H22ClFN2O3. The number of halogens is 2. The molecule has 1 aliphatic rings. The second kappa shape index (κ2) is 8.31. The standard InChI is InChI=1S/C15H21FN2O3.ClH/c1-9(2)20-10-3-5-13(12(16)7-10)18-15(19)14-6-4-11(8-17)21-14;/h3,5,7,9,11,14H,4,6,8,17H2,1-2H3,(H,18,19);1H/t11-,14+;/m1./s1. The Balaban J connectivity index is 0.00000242. The predicted octanol–water partition coefficient (Wildman–Crippen LogP) is 2.48. The van der Waals surface area contributed by atoms with Crippen LogP contribution in [0.3, 0.4) is 0 Å². The van der Waals surface area contributed by atoms with Gasteiger partial charge in [-0.1, -0.05) is 0 Å². The summed E-state index contributed by atoms with van der Waals surface area (Å²) in [4.78, 5) is 12.0. The Morgan fingerprint density at radius 3 is 2.77 bits per heavy atom. The van der Waals surface area contributed by atoms with Crippen molar-refractivity contribution in [3.63, 3.8) is 0 Å². The fourth-order valence-corrected chi connectivity index (χ4v) is 2.23. The van der Waals surface area contributed by atoms with Crippen LogP contribution in [-0.2, 0) is 9.53 Å². The van der Waals surface area contributed by atoms with Gasteiger partial charge >= 0.3 is 0 Å². The molecule has 0 aromatic heterocycles. The van der Waals surface area contributed by atoms with E-state index in [1.807, 2.05) is 13.8 Å². The summed E-state index contributed by atoms with van der Waals surface area (Å²) >= 11 is 0. The summed E-state index contributed by atoms with van der Waals surface area (Å²) in [5.41, 5.74) is 5.62. The van der Waals surface area contributed by atoms with Crippen LogP contribution in [0.2, 0.25) is 0 Å². The van der Waals surface area contributed by atoms with Gasteiger partial charge in [0.25, 0.3) is 5.91 Å². The minimum absolute atomic E-state index is 0. The molecule has 2 atom stereocenters. The number of carbonyl (C=O) groups is 1. The van der Waals surface area contributed by atoms with E-state index in [0.29, 0.717) is 18.7 Å². The SMILES string of the molecule is CC(C)Oc1ccc(NC(=O)[C@@H]2CC[C@H](CN)O2)c(F)c1.Cl. The van der Waals surface area contributed by atoms with E-state index < -0.39 is 11.9 Å². The van der Waals surface area contributed by atoms with Gasteiger partial charge in [-0.3, -0.25) is 4.79 Å². The lowest BCUT2D eigenvalue weighted by Crippen LogP contribution is -2.30. The van der Waals surface area contributed by atoms with Crippen molar-refractivity contribution < 1.29 is 18.7 Å². The Bertz CT molecular complexity index is 514. The number of ether oxygens (including phenoxy) is 2. The van der Waals surface area contributed by atoms with Gasteiger partial charge < -0.3 is 20.5 Å². The minimum atomic E-state index is -0.565. The van der Waals surface area contributed by atoms with Crippen molar-refractivity contribution >= 4 is 24.0 Å². The van der Waals surface area contributed by atoms with Crippen molar-refractivity contribution in [3.05, 3.63) is 24.0 Å². The van der Waals surface area contributed by atoms with Crippen LogP contribution in [0.1, 0.15) is 26.7 Å². The first-order valence-corrected chi connectivity index (χ1v) is 7.12. The van der Waals surface area contributed by atoms with E-state index in [-0.39, 0.29) is 36.2 Å². The topological polar surface area (TPSA) is 73.6 Å². The van der Waals surface area contributed by atoms with Crippen LogP contribution in [0.25, 0.3) is 0 Å². The van der Waals surface area contributed by atoms with Crippen molar-refractivity contribution in [3.8, 4) is 5.75 Å². The molecule has 1 heterocycles. The monoisotopic (exact) mass is 332 g/mol. The smallest absolute Gasteiger partial charge is 0.253 e.